The molecule has 0 aromatic carbocycles. The number of thioether (sulfide) groups is 1. The minimum atomic E-state index is -0.467. The number of hydrazine groups is 1. The molecule has 0 spiro atoms. The second-order valence-electron chi connectivity index (χ2n) is 4.08. The summed E-state index contributed by atoms with van der Waals surface area (Å²) in [7, 11) is 0. The maximum atomic E-state index is 11.4. The maximum absolute atomic E-state index is 11.4. The Balaban J connectivity index is 2.38. The zero-order valence-corrected chi connectivity index (χ0v) is 9.06. The van der Waals surface area contributed by atoms with Crippen LogP contribution in [-0.2, 0) is 4.74 Å². The molecule has 0 bridgehead atoms. The summed E-state index contributed by atoms with van der Waals surface area (Å²) in [5, 5.41) is 1.20. The number of hydrogen-bond acceptors (Lipinski definition) is 4. The lowest BCUT2D eigenvalue weighted by Gasteiger charge is -2.34. The summed E-state index contributed by atoms with van der Waals surface area (Å²) < 4.78 is 5.11. The van der Waals surface area contributed by atoms with Crippen molar-refractivity contribution in [1.82, 2.24) is 5.01 Å². The molecular weight excluding hydrogens is 188 g/mol. The largest absolute Gasteiger partial charge is 0.443 e. The van der Waals surface area contributed by atoms with Gasteiger partial charge >= 0.3 is 6.09 Å². The number of ether oxygens (including phenoxy) is 1. The molecule has 2 N–H and O–H groups in total. The monoisotopic (exact) mass is 204 g/mol. The molecule has 1 aliphatic heterocycles. The van der Waals surface area contributed by atoms with E-state index in [1.807, 2.05) is 20.8 Å². The number of rotatable bonds is 1. The van der Waals surface area contributed by atoms with E-state index in [0.29, 0.717) is 0 Å². The first-order valence-electron chi connectivity index (χ1n) is 4.25. The van der Waals surface area contributed by atoms with Gasteiger partial charge in [0.1, 0.15) is 5.60 Å². The summed E-state index contributed by atoms with van der Waals surface area (Å²) in [5.41, 5.74) is -0.467. The van der Waals surface area contributed by atoms with Crippen molar-refractivity contribution in [1.29, 1.82) is 0 Å². The minimum Gasteiger partial charge on any atom is -0.443 e. The lowest BCUT2D eigenvalue weighted by Crippen LogP contribution is -2.53. The van der Waals surface area contributed by atoms with E-state index in [-0.39, 0.29) is 6.04 Å². The Morgan fingerprint density at radius 1 is 1.54 bits per heavy atom. The quantitative estimate of drug-likeness (QED) is 0.396. The lowest BCUT2D eigenvalue weighted by atomic mass is 10.2. The Hall–Kier alpha value is -0.420. The Kier molecular flexibility index (Phi) is 3.08. The molecule has 4 nitrogen and oxygen atoms in total. The van der Waals surface area contributed by atoms with Crippen molar-refractivity contribution >= 4 is 17.9 Å². The molecule has 1 heterocycles. The van der Waals surface area contributed by atoms with Crippen molar-refractivity contribution in [3.63, 3.8) is 0 Å². The number of carbonyl (C=O) groups excluding carboxylic acids is 1. The van der Waals surface area contributed by atoms with Gasteiger partial charge in [-0.05, 0) is 20.8 Å². The number of carbonyl (C=O) groups is 1. The van der Waals surface area contributed by atoms with E-state index >= 15 is 0 Å². The molecular formula is C8H16N2O2S. The summed E-state index contributed by atoms with van der Waals surface area (Å²) in [6.07, 6.45) is -0.433. The van der Waals surface area contributed by atoms with Gasteiger partial charge in [-0.25, -0.2) is 15.6 Å². The molecule has 1 saturated heterocycles. The van der Waals surface area contributed by atoms with Crippen LogP contribution in [0.25, 0.3) is 0 Å². The number of nitrogens with zero attached hydrogens (tertiary/aromatic N) is 1. The molecule has 0 atom stereocenters. The lowest BCUT2D eigenvalue weighted by molar-refractivity contribution is 0.0187. The van der Waals surface area contributed by atoms with Crippen LogP contribution in [0.3, 0.4) is 0 Å². The highest BCUT2D eigenvalue weighted by Crippen LogP contribution is 2.22. The zero-order chi connectivity index (χ0) is 10.1. The molecule has 1 aliphatic rings. The Labute approximate surface area is 82.8 Å². The average molecular weight is 204 g/mol. The van der Waals surface area contributed by atoms with Crippen LogP contribution < -0.4 is 5.84 Å². The fraction of sp³-hybridized carbons (Fsp3) is 0.875. The van der Waals surface area contributed by atoms with E-state index < -0.39 is 11.7 Å². The van der Waals surface area contributed by atoms with Crippen molar-refractivity contribution in [2.24, 2.45) is 5.84 Å². The van der Waals surface area contributed by atoms with Gasteiger partial charge in [-0.2, -0.15) is 11.8 Å². The van der Waals surface area contributed by atoms with Gasteiger partial charge in [-0.1, -0.05) is 0 Å². The van der Waals surface area contributed by atoms with Crippen molar-refractivity contribution in [3.05, 3.63) is 0 Å². The number of nitrogens with two attached hydrogens (primary N) is 1. The highest BCUT2D eigenvalue weighted by Gasteiger charge is 2.30. The summed E-state index contributed by atoms with van der Waals surface area (Å²) in [5.74, 6) is 7.40. The minimum absolute atomic E-state index is 0.153. The number of amides is 1. The van der Waals surface area contributed by atoms with Gasteiger partial charge in [0, 0.05) is 11.5 Å². The van der Waals surface area contributed by atoms with Gasteiger partial charge in [0.05, 0.1) is 6.04 Å². The Morgan fingerprint density at radius 2 is 2.08 bits per heavy atom. The molecule has 0 saturated carbocycles. The topological polar surface area (TPSA) is 55.6 Å². The SMILES string of the molecule is CC(C)(C)OC(=O)N(N)C1CSC1. The van der Waals surface area contributed by atoms with Crippen LogP contribution in [0.2, 0.25) is 0 Å². The van der Waals surface area contributed by atoms with Crippen LogP contribution >= 0.6 is 11.8 Å². The summed E-state index contributed by atoms with van der Waals surface area (Å²) in [6, 6.07) is 0.153. The first-order valence-corrected chi connectivity index (χ1v) is 5.40. The predicted octanol–water partition coefficient (Wildman–Crippen LogP) is 1.21. The summed E-state index contributed by atoms with van der Waals surface area (Å²) >= 11 is 1.78. The highest BCUT2D eigenvalue weighted by molar-refractivity contribution is 8.00. The van der Waals surface area contributed by atoms with Crippen LogP contribution in [0.5, 0.6) is 0 Å². The van der Waals surface area contributed by atoms with Crippen LogP contribution in [0.1, 0.15) is 20.8 Å². The molecule has 0 unspecified atom stereocenters. The van der Waals surface area contributed by atoms with Gasteiger partial charge in [0.25, 0.3) is 0 Å². The Bertz CT molecular complexity index is 199. The molecule has 0 aromatic heterocycles. The third-order valence-electron chi connectivity index (χ3n) is 1.62. The van der Waals surface area contributed by atoms with Crippen LogP contribution in [0.4, 0.5) is 4.79 Å². The standard InChI is InChI=1S/C8H16N2O2S/c1-8(2,3)12-7(11)10(9)6-4-13-5-6/h6H,4-5,9H2,1-3H3. The molecule has 0 aliphatic carbocycles. The van der Waals surface area contributed by atoms with Gasteiger partial charge in [-0.3, -0.25) is 0 Å². The second-order valence-corrected chi connectivity index (χ2v) is 5.15. The van der Waals surface area contributed by atoms with Crippen molar-refractivity contribution in [2.45, 2.75) is 32.4 Å². The van der Waals surface area contributed by atoms with E-state index in [0.717, 1.165) is 11.5 Å². The van der Waals surface area contributed by atoms with E-state index in [1.165, 1.54) is 5.01 Å². The van der Waals surface area contributed by atoms with E-state index in [9.17, 15) is 4.79 Å². The summed E-state index contributed by atoms with van der Waals surface area (Å²) in [6.45, 7) is 5.48. The molecule has 5 heteroatoms. The first-order chi connectivity index (χ1) is 5.90. The molecule has 1 fully saturated rings. The molecule has 76 valence electrons. The molecule has 1 amide bonds. The van der Waals surface area contributed by atoms with Crippen molar-refractivity contribution in [3.8, 4) is 0 Å². The molecule has 0 radical (unpaired) electrons. The van der Waals surface area contributed by atoms with E-state index in [2.05, 4.69) is 0 Å². The zero-order valence-electron chi connectivity index (χ0n) is 8.24. The molecule has 13 heavy (non-hydrogen) atoms. The fourth-order valence-corrected chi connectivity index (χ4v) is 1.62. The van der Waals surface area contributed by atoms with Crippen LogP contribution in [-0.4, -0.2) is 34.3 Å². The smallest absolute Gasteiger partial charge is 0.424 e. The van der Waals surface area contributed by atoms with Gasteiger partial charge in [0.15, 0.2) is 0 Å². The first kappa shape index (κ1) is 10.7. The van der Waals surface area contributed by atoms with Gasteiger partial charge in [-0.15, -0.1) is 0 Å². The molecule has 1 rings (SSSR count). The van der Waals surface area contributed by atoms with E-state index in [4.69, 9.17) is 10.6 Å². The fourth-order valence-electron chi connectivity index (χ4n) is 0.848. The maximum Gasteiger partial charge on any atom is 0.424 e. The number of hydrogen-bond donors (Lipinski definition) is 1. The van der Waals surface area contributed by atoms with Crippen LogP contribution in [0, 0.1) is 0 Å². The van der Waals surface area contributed by atoms with Crippen molar-refractivity contribution in [2.75, 3.05) is 11.5 Å². The van der Waals surface area contributed by atoms with Crippen LogP contribution in [0.15, 0.2) is 0 Å². The Morgan fingerprint density at radius 3 is 2.38 bits per heavy atom. The normalized spacial score (nSPS) is 17.8. The van der Waals surface area contributed by atoms with E-state index in [1.54, 1.807) is 11.8 Å². The third-order valence-corrected chi connectivity index (χ3v) is 2.86. The molecule has 0 aromatic rings. The average Bonchev–Trinajstić information content (AvgIpc) is 1.78. The summed E-state index contributed by atoms with van der Waals surface area (Å²) in [4.78, 5) is 11.4. The third kappa shape index (κ3) is 3.08. The highest BCUT2D eigenvalue weighted by atomic mass is 32.2. The van der Waals surface area contributed by atoms with Gasteiger partial charge < -0.3 is 4.74 Å². The second kappa shape index (κ2) is 3.75. The predicted molar refractivity (Wildman–Crippen MR) is 53.4 cm³/mol. The van der Waals surface area contributed by atoms with Crippen molar-refractivity contribution < 1.29 is 9.53 Å². The van der Waals surface area contributed by atoms with Gasteiger partial charge in [0.2, 0.25) is 0 Å².